The van der Waals surface area contributed by atoms with Gasteiger partial charge in [-0.15, -0.1) is 0 Å². The van der Waals surface area contributed by atoms with Gasteiger partial charge in [-0.1, -0.05) is 41.4 Å². The SMILES string of the molecule is CC(c1ccccc1Cl)N(C)c1cc(Cl)ccc1C#N. The fourth-order valence-corrected chi connectivity index (χ4v) is 2.58. The zero-order chi connectivity index (χ0) is 14.7. The van der Waals surface area contributed by atoms with Crippen LogP contribution in [0, 0.1) is 11.3 Å². The number of hydrogen-bond donors (Lipinski definition) is 0. The molecular weight excluding hydrogens is 291 g/mol. The first-order valence-corrected chi connectivity index (χ1v) is 6.97. The minimum absolute atomic E-state index is 0.0364. The van der Waals surface area contributed by atoms with Crippen molar-refractivity contribution in [2.45, 2.75) is 13.0 Å². The highest BCUT2D eigenvalue weighted by atomic mass is 35.5. The van der Waals surface area contributed by atoms with Crippen LogP contribution in [0.15, 0.2) is 42.5 Å². The molecule has 1 atom stereocenters. The van der Waals surface area contributed by atoms with E-state index < -0.39 is 0 Å². The molecule has 0 heterocycles. The number of anilines is 1. The smallest absolute Gasteiger partial charge is 0.101 e. The Morgan fingerprint density at radius 1 is 1.15 bits per heavy atom. The van der Waals surface area contributed by atoms with Crippen LogP contribution in [0.5, 0.6) is 0 Å². The van der Waals surface area contributed by atoms with E-state index in [1.807, 2.05) is 43.1 Å². The molecule has 0 aromatic heterocycles. The molecule has 2 nitrogen and oxygen atoms in total. The minimum atomic E-state index is 0.0364. The van der Waals surface area contributed by atoms with Gasteiger partial charge in [-0.25, -0.2) is 0 Å². The molecule has 0 aliphatic rings. The quantitative estimate of drug-likeness (QED) is 0.792. The van der Waals surface area contributed by atoms with Crippen LogP contribution in [0.3, 0.4) is 0 Å². The molecular formula is C16H14Cl2N2. The number of rotatable bonds is 3. The predicted octanol–water partition coefficient (Wildman–Crippen LogP) is 5.06. The van der Waals surface area contributed by atoms with Crippen molar-refractivity contribution in [1.29, 1.82) is 5.26 Å². The van der Waals surface area contributed by atoms with E-state index in [4.69, 9.17) is 23.2 Å². The Labute approximate surface area is 129 Å². The summed E-state index contributed by atoms with van der Waals surface area (Å²) in [6.07, 6.45) is 0. The Bertz CT molecular complexity index is 662. The largest absolute Gasteiger partial charge is 0.367 e. The summed E-state index contributed by atoms with van der Waals surface area (Å²) >= 11 is 12.3. The van der Waals surface area contributed by atoms with Gasteiger partial charge in [0.2, 0.25) is 0 Å². The van der Waals surface area contributed by atoms with Crippen LogP contribution in [-0.2, 0) is 0 Å². The second kappa shape index (κ2) is 6.17. The van der Waals surface area contributed by atoms with Crippen LogP contribution in [-0.4, -0.2) is 7.05 Å². The summed E-state index contributed by atoms with van der Waals surface area (Å²) in [6.45, 7) is 2.04. The van der Waals surface area contributed by atoms with E-state index in [-0.39, 0.29) is 6.04 Å². The maximum atomic E-state index is 9.22. The number of nitrogens with zero attached hydrogens (tertiary/aromatic N) is 2. The van der Waals surface area contributed by atoms with Gasteiger partial charge >= 0.3 is 0 Å². The van der Waals surface area contributed by atoms with Crippen molar-refractivity contribution in [3.63, 3.8) is 0 Å². The van der Waals surface area contributed by atoms with Crippen molar-refractivity contribution in [3.05, 3.63) is 63.6 Å². The van der Waals surface area contributed by atoms with Gasteiger partial charge in [-0.05, 0) is 36.8 Å². The monoisotopic (exact) mass is 304 g/mol. The van der Waals surface area contributed by atoms with Gasteiger partial charge in [0.1, 0.15) is 6.07 Å². The average Bonchev–Trinajstić information content (AvgIpc) is 2.46. The molecule has 0 aliphatic carbocycles. The lowest BCUT2D eigenvalue weighted by Crippen LogP contribution is -2.22. The number of halogens is 2. The van der Waals surface area contributed by atoms with E-state index in [0.717, 1.165) is 11.3 Å². The van der Waals surface area contributed by atoms with E-state index in [1.54, 1.807) is 18.2 Å². The molecule has 0 spiro atoms. The highest BCUT2D eigenvalue weighted by molar-refractivity contribution is 6.31. The topological polar surface area (TPSA) is 27.0 Å². The highest BCUT2D eigenvalue weighted by Gasteiger charge is 2.17. The van der Waals surface area contributed by atoms with Crippen molar-refractivity contribution in [2.75, 3.05) is 11.9 Å². The summed E-state index contributed by atoms with van der Waals surface area (Å²) in [6, 6.07) is 15.2. The third-order valence-electron chi connectivity index (χ3n) is 3.40. The first-order valence-electron chi connectivity index (χ1n) is 6.21. The van der Waals surface area contributed by atoms with Crippen LogP contribution in [0.4, 0.5) is 5.69 Å². The Balaban J connectivity index is 2.42. The van der Waals surface area contributed by atoms with Crippen molar-refractivity contribution in [2.24, 2.45) is 0 Å². The van der Waals surface area contributed by atoms with Gasteiger partial charge in [-0.3, -0.25) is 0 Å². The number of hydrogen-bond acceptors (Lipinski definition) is 2. The van der Waals surface area contributed by atoms with Crippen molar-refractivity contribution in [1.82, 2.24) is 0 Å². The van der Waals surface area contributed by atoms with Crippen LogP contribution in [0.25, 0.3) is 0 Å². The molecule has 0 aliphatic heterocycles. The zero-order valence-electron chi connectivity index (χ0n) is 11.3. The zero-order valence-corrected chi connectivity index (χ0v) is 12.8. The molecule has 20 heavy (non-hydrogen) atoms. The van der Waals surface area contributed by atoms with E-state index in [1.165, 1.54) is 0 Å². The molecule has 0 radical (unpaired) electrons. The summed E-state index contributed by atoms with van der Waals surface area (Å²) in [7, 11) is 1.93. The molecule has 0 fully saturated rings. The fourth-order valence-electron chi connectivity index (χ4n) is 2.12. The normalized spacial score (nSPS) is 11.8. The predicted molar refractivity (Wildman–Crippen MR) is 84.4 cm³/mol. The molecule has 0 amide bonds. The molecule has 0 bridgehead atoms. The van der Waals surface area contributed by atoms with Gasteiger partial charge in [0.25, 0.3) is 0 Å². The fraction of sp³-hybridized carbons (Fsp3) is 0.188. The Kier molecular flexibility index (Phi) is 4.54. The Morgan fingerprint density at radius 3 is 2.50 bits per heavy atom. The van der Waals surface area contributed by atoms with Gasteiger partial charge in [0, 0.05) is 17.1 Å². The number of nitriles is 1. The van der Waals surface area contributed by atoms with Gasteiger partial charge in [0.05, 0.1) is 17.3 Å². The Morgan fingerprint density at radius 2 is 1.85 bits per heavy atom. The van der Waals surface area contributed by atoms with Crippen LogP contribution in [0.2, 0.25) is 10.0 Å². The molecule has 0 saturated heterocycles. The van der Waals surface area contributed by atoms with E-state index >= 15 is 0 Å². The van der Waals surface area contributed by atoms with Gasteiger partial charge < -0.3 is 4.90 Å². The van der Waals surface area contributed by atoms with E-state index in [9.17, 15) is 5.26 Å². The van der Waals surface area contributed by atoms with Crippen molar-refractivity contribution < 1.29 is 0 Å². The van der Waals surface area contributed by atoms with E-state index in [0.29, 0.717) is 15.6 Å². The third-order valence-corrected chi connectivity index (χ3v) is 3.98. The molecule has 4 heteroatoms. The standard InChI is InChI=1S/C16H14Cl2N2/c1-11(14-5-3-4-6-15(14)18)20(2)16-9-13(17)8-7-12(16)10-19/h3-9,11H,1-2H3. The van der Waals surface area contributed by atoms with Crippen molar-refractivity contribution >= 4 is 28.9 Å². The van der Waals surface area contributed by atoms with Gasteiger partial charge in [0.15, 0.2) is 0 Å². The Hall–Kier alpha value is -1.69. The first kappa shape index (κ1) is 14.7. The second-order valence-electron chi connectivity index (χ2n) is 4.58. The molecule has 1 unspecified atom stereocenters. The second-order valence-corrected chi connectivity index (χ2v) is 5.43. The molecule has 2 rings (SSSR count). The number of benzene rings is 2. The average molecular weight is 305 g/mol. The van der Waals surface area contributed by atoms with Gasteiger partial charge in [-0.2, -0.15) is 5.26 Å². The summed E-state index contributed by atoms with van der Waals surface area (Å²) in [5, 5.41) is 10.5. The maximum absolute atomic E-state index is 9.22. The molecule has 0 saturated carbocycles. The molecule has 0 N–H and O–H groups in total. The highest BCUT2D eigenvalue weighted by Crippen LogP contribution is 2.32. The lowest BCUT2D eigenvalue weighted by atomic mass is 10.1. The van der Waals surface area contributed by atoms with E-state index in [2.05, 4.69) is 6.07 Å². The molecule has 2 aromatic carbocycles. The summed E-state index contributed by atoms with van der Waals surface area (Å²) < 4.78 is 0. The minimum Gasteiger partial charge on any atom is -0.367 e. The van der Waals surface area contributed by atoms with Crippen LogP contribution < -0.4 is 4.90 Å². The first-order chi connectivity index (χ1) is 9.54. The maximum Gasteiger partial charge on any atom is 0.101 e. The third kappa shape index (κ3) is 2.90. The molecule has 2 aromatic rings. The summed E-state index contributed by atoms with van der Waals surface area (Å²) in [5.74, 6) is 0. The van der Waals surface area contributed by atoms with Crippen molar-refractivity contribution in [3.8, 4) is 6.07 Å². The summed E-state index contributed by atoms with van der Waals surface area (Å²) in [5.41, 5.74) is 2.41. The molecule has 102 valence electrons. The lowest BCUT2D eigenvalue weighted by molar-refractivity contribution is 0.739. The van der Waals surface area contributed by atoms with Crippen LogP contribution >= 0.6 is 23.2 Å². The van der Waals surface area contributed by atoms with Crippen LogP contribution in [0.1, 0.15) is 24.1 Å². The lowest BCUT2D eigenvalue weighted by Gasteiger charge is -2.29. The summed E-state index contributed by atoms with van der Waals surface area (Å²) in [4.78, 5) is 2.01.